The first-order chi connectivity index (χ1) is 6.39. The Bertz CT molecular complexity index is 215. The highest BCUT2D eigenvalue weighted by atomic mass is 127. The van der Waals surface area contributed by atoms with Crippen LogP contribution in [0.3, 0.4) is 0 Å². The first-order valence-electron chi connectivity index (χ1n) is 5.03. The minimum Gasteiger partial charge on any atom is -1.00 e. The van der Waals surface area contributed by atoms with Crippen LogP contribution in [0.15, 0.2) is 12.2 Å². The van der Waals surface area contributed by atoms with Crippen molar-refractivity contribution in [3.05, 3.63) is 12.2 Å². The van der Waals surface area contributed by atoms with Gasteiger partial charge in [0, 0.05) is 5.57 Å². The van der Waals surface area contributed by atoms with Gasteiger partial charge < -0.3 is 28.7 Å². The Balaban J connectivity index is 0. The molecule has 0 fully saturated rings. The van der Waals surface area contributed by atoms with Gasteiger partial charge in [0.05, 0.1) is 20.6 Å². The molecule has 0 spiro atoms. The van der Waals surface area contributed by atoms with E-state index in [0.717, 1.165) is 19.4 Å². The maximum Gasteiger partial charge on any atom is 0.337 e. The molecular weight excluding hydrogens is 305 g/mol. The van der Waals surface area contributed by atoms with Gasteiger partial charge in [-0.3, -0.25) is 4.48 Å². The number of ether oxygens (including phenoxy) is 1. The smallest absolute Gasteiger partial charge is 0.337 e. The molecule has 0 aromatic heterocycles. The van der Waals surface area contributed by atoms with Crippen molar-refractivity contribution in [3.8, 4) is 0 Å². The number of rotatable bonds is 6. The van der Waals surface area contributed by atoms with Crippen LogP contribution in [0.2, 0.25) is 0 Å². The summed E-state index contributed by atoms with van der Waals surface area (Å²) in [7, 11) is 4.11. The van der Waals surface area contributed by atoms with Crippen molar-refractivity contribution < 1.29 is 38.0 Å². The number of hydrogen-bond donors (Lipinski definition) is 0. The SMILES string of the molecule is C=C(C)C(=O)OC[N+](C)(C)CCCC.[I-]. The minimum atomic E-state index is -0.298. The molecule has 0 heterocycles. The summed E-state index contributed by atoms with van der Waals surface area (Å²) in [6, 6.07) is 0. The monoisotopic (exact) mass is 327 g/mol. The zero-order chi connectivity index (χ0) is 11.2. The molecular formula is C11H22INO2. The molecule has 0 amide bonds. The van der Waals surface area contributed by atoms with Crippen molar-refractivity contribution in [2.75, 3.05) is 27.4 Å². The molecule has 0 aromatic rings. The van der Waals surface area contributed by atoms with Crippen molar-refractivity contribution in [2.45, 2.75) is 26.7 Å². The van der Waals surface area contributed by atoms with E-state index in [1.165, 1.54) is 0 Å². The van der Waals surface area contributed by atoms with Gasteiger partial charge in [-0.1, -0.05) is 19.9 Å². The summed E-state index contributed by atoms with van der Waals surface area (Å²) in [5, 5.41) is 0. The van der Waals surface area contributed by atoms with E-state index in [1.54, 1.807) is 6.92 Å². The first-order valence-corrected chi connectivity index (χ1v) is 5.03. The van der Waals surface area contributed by atoms with E-state index >= 15 is 0 Å². The number of hydrogen-bond acceptors (Lipinski definition) is 2. The second kappa shape index (κ2) is 8.10. The average molecular weight is 327 g/mol. The Morgan fingerprint density at radius 1 is 1.40 bits per heavy atom. The average Bonchev–Trinajstić information content (AvgIpc) is 2.11. The molecule has 0 atom stereocenters. The third-order valence-electron chi connectivity index (χ3n) is 2.01. The van der Waals surface area contributed by atoms with Crippen LogP contribution in [0.5, 0.6) is 0 Å². The van der Waals surface area contributed by atoms with Gasteiger partial charge in [0.1, 0.15) is 0 Å². The van der Waals surface area contributed by atoms with E-state index in [4.69, 9.17) is 4.74 Å². The highest BCUT2D eigenvalue weighted by molar-refractivity contribution is 5.86. The summed E-state index contributed by atoms with van der Waals surface area (Å²) in [5.74, 6) is -0.298. The maximum atomic E-state index is 11.1. The van der Waals surface area contributed by atoms with Gasteiger partial charge in [-0.25, -0.2) is 4.79 Å². The van der Waals surface area contributed by atoms with Crippen LogP contribution in [0.4, 0.5) is 0 Å². The standard InChI is InChI=1S/C11H22NO2.HI/c1-6-7-8-12(4,5)9-14-11(13)10(2)3;/h2,6-9H2,1,3-5H3;1H/q+1;/p-1. The molecule has 0 N–H and O–H groups in total. The molecule has 90 valence electrons. The zero-order valence-corrected chi connectivity index (χ0v) is 12.3. The fraction of sp³-hybridized carbons (Fsp3) is 0.727. The van der Waals surface area contributed by atoms with Crippen LogP contribution in [-0.2, 0) is 9.53 Å². The topological polar surface area (TPSA) is 26.3 Å². The van der Waals surface area contributed by atoms with Crippen molar-refractivity contribution in [1.82, 2.24) is 0 Å². The van der Waals surface area contributed by atoms with Crippen LogP contribution in [-0.4, -0.2) is 37.8 Å². The highest BCUT2D eigenvalue weighted by Crippen LogP contribution is 2.03. The van der Waals surface area contributed by atoms with Gasteiger partial charge in [-0.15, -0.1) is 0 Å². The molecule has 0 radical (unpaired) electrons. The van der Waals surface area contributed by atoms with E-state index in [-0.39, 0.29) is 29.9 Å². The molecule has 0 aliphatic rings. The molecule has 0 aliphatic carbocycles. The molecule has 0 rings (SSSR count). The number of carbonyl (C=O) groups is 1. The maximum absolute atomic E-state index is 11.1. The number of quaternary nitrogens is 1. The van der Waals surface area contributed by atoms with Crippen LogP contribution >= 0.6 is 0 Å². The highest BCUT2D eigenvalue weighted by Gasteiger charge is 2.16. The summed E-state index contributed by atoms with van der Waals surface area (Å²) >= 11 is 0. The number of unbranched alkanes of at least 4 members (excludes halogenated alkanes) is 1. The first kappa shape index (κ1) is 17.3. The van der Waals surface area contributed by atoms with E-state index in [2.05, 4.69) is 27.6 Å². The number of nitrogens with zero attached hydrogens (tertiary/aromatic N) is 1. The predicted octanol–water partition coefficient (Wildman–Crippen LogP) is -1.06. The number of carbonyl (C=O) groups excluding carboxylic acids is 1. The fourth-order valence-corrected chi connectivity index (χ4v) is 1.01. The van der Waals surface area contributed by atoms with Gasteiger partial charge in [-0.05, 0) is 13.3 Å². The predicted molar refractivity (Wildman–Crippen MR) is 57.7 cm³/mol. The van der Waals surface area contributed by atoms with Crippen molar-refractivity contribution in [2.24, 2.45) is 0 Å². The number of halogens is 1. The van der Waals surface area contributed by atoms with Crippen LogP contribution in [0, 0.1) is 0 Å². The molecule has 4 heteroatoms. The van der Waals surface area contributed by atoms with Crippen LogP contribution in [0.1, 0.15) is 26.7 Å². The van der Waals surface area contributed by atoms with Gasteiger partial charge >= 0.3 is 5.97 Å². The summed E-state index contributed by atoms with van der Waals surface area (Å²) < 4.78 is 5.81. The molecule has 0 unspecified atom stereocenters. The lowest BCUT2D eigenvalue weighted by Gasteiger charge is -2.28. The van der Waals surface area contributed by atoms with Crippen molar-refractivity contribution in [1.29, 1.82) is 0 Å². The molecule has 0 saturated carbocycles. The molecule has 0 bridgehead atoms. The normalized spacial score (nSPS) is 10.4. The summed E-state index contributed by atoms with van der Waals surface area (Å²) in [6.07, 6.45) is 2.31. The second-order valence-electron chi connectivity index (χ2n) is 4.35. The Labute approximate surface area is 110 Å². The lowest BCUT2D eigenvalue weighted by molar-refractivity contribution is -0.907. The largest absolute Gasteiger partial charge is 1.00 e. The minimum absolute atomic E-state index is 0. The molecule has 0 aromatic carbocycles. The Hall–Kier alpha value is -0.100. The molecule has 0 saturated heterocycles. The second-order valence-corrected chi connectivity index (χ2v) is 4.35. The van der Waals surface area contributed by atoms with E-state index < -0.39 is 0 Å². The molecule has 15 heavy (non-hydrogen) atoms. The lowest BCUT2D eigenvalue weighted by Crippen LogP contribution is -3.00. The number of esters is 1. The molecule has 0 aliphatic heterocycles. The van der Waals surface area contributed by atoms with Crippen molar-refractivity contribution in [3.63, 3.8) is 0 Å². The zero-order valence-electron chi connectivity index (χ0n) is 10.2. The summed E-state index contributed by atoms with van der Waals surface area (Å²) in [5.41, 5.74) is 0.459. The summed E-state index contributed by atoms with van der Waals surface area (Å²) in [4.78, 5) is 11.1. The van der Waals surface area contributed by atoms with Gasteiger partial charge in [0.15, 0.2) is 0 Å². The fourth-order valence-electron chi connectivity index (χ4n) is 1.01. The van der Waals surface area contributed by atoms with Gasteiger partial charge in [0.25, 0.3) is 0 Å². The van der Waals surface area contributed by atoms with E-state index in [1.807, 2.05) is 0 Å². The van der Waals surface area contributed by atoms with Gasteiger partial charge in [-0.2, -0.15) is 0 Å². The third kappa shape index (κ3) is 8.87. The van der Waals surface area contributed by atoms with E-state index in [0.29, 0.717) is 16.8 Å². The van der Waals surface area contributed by atoms with E-state index in [9.17, 15) is 4.79 Å². The third-order valence-corrected chi connectivity index (χ3v) is 2.01. The van der Waals surface area contributed by atoms with Crippen LogP contribution < -0.4 is 24.0 Å². The van der Waals surface area contributed by atoms with Crippen LogP contribution in [0.25, 0.3) is 0 Å². The van der Waals surface area contributed by atoms with Gasteiger partial charge in [0.2, 0.25) is 6.73 Å². The quantitative estimate of drug-likeness (QED) is 0.205. The molecule has 3 nitrogen and oxygen atoms in total. The Morgan fingerprint density at radius 2 is 1.93 bits per heavy atom. The van der Waals surface area contributed by atoms with Crippen molar-refractivity contribution >= 4 is 5.97 Å². The Kier molecular flexibility index (Phi) is 9.34. The summed E-state index contributed by atoms with van der Waals surface area (Å²) in [6.45, 7) is 8.80. The Morgan fingerprint density at radius 3 is 2.33 bits per heavy atom. The lowest BCUT2D eigenvalue weighted by atomic mass is 10.3.